The van der Waals surface area contributed by atoms with Crippen LogP contribution in [-0.2, 0) is 4.79 Å². The molecule has 1 amide bonds. The molecule has 23 heavy (non-hydrogen) atoms. The van der Waals surface area contributed by atoms with Crippen LogP contribution in [0.4, 0.5) is 14.5 Å². The van der Waals surface area contributed by atoms with E-state index in [9.17, 15) is 18.4 Å². The van der Waals surface area contributed by atoms with Crippen molar-refractivity contribution in [2.24, 2.45) is 0 Å². The predicted octanol–water partition coefficient (Wildman–Crippen LogP) is 2.99. The molecule has 118 valence electrons. The average Bonchev–Trinajstić information content (AvgIpc) is 2.98. The lowest BCUT2D eigenvalue weighted by molar-refractivity contribution is -0.113. The van der Waals surface area contributed by atoms with Crippen molar-refractivity contribution in [2.75, 3.05) is 11.1 Å². The Morgan fingerprint density at radius 3 is 3.00 bits per heavy atom. The van der Waals surface area contributed by atoms with Crippen molar-refractivity contribution < 1.29 is 13.6 Å². The van der Waals surface area contributed by atoms with Gasteiger partial charge in [0.1, 0.15) is 16.3 Å². The van der Waals surface area contributed by atoms with Crippen LogP contribution in [0.2, 0.25) is 0 Å². The Morgan fingerprint density at radius 1 is 1.35 bits per heavy atom. The first kappa shape index (κ1) is 15.6. The summed E-state index contributed by atoms with van der Waals surface area (Å²) in [5.41, 5.74) is 0.0484. The molecule has 0 bridgehead atoms. The molecule has 0 saturated carbocycles. The minimum absolute atomic E-state index is 0.103. The molecular formula is C14H9F2N3O2S2. The second-order valence-corrected chi connectivity index (χ2v) is 6.35. The number of thioether (sulfide) groups is 1. The smallest absolute Gasteiger partial charge is 0.269 e. The Hall–Kier alpha value is -2.26. The van der Waals surface area contributed by atoms with E-state index >= 15 is 0 Å². The summed E-state index contributed by atoms with van der Waals surface area (Å²) in [6.07, 6.45) is 0. The minimum Gasteiger partial charge on any atom is -0.323 e. The maximum atomic E-state index is 13.4. The van der Waals surface area contributed by atoms with E-state index in [1.165, 1.54) is 11.3 Å². The molecule has 0 saturated heterocycles. The van der Waals surface area contributed by atoms with Crippen molar-refractivity contribution >= 4 is 44.9 Å². The van der Waals surface area contributed by atoms with Crippen LogP contribution in [0.3, 0.4) is 0 Å². The summed E-state index contributed by atoms with van der Waals surface area (Å²) in [5, 5.41) is 4.31. The van der Waals surface area contributed by atoms with E-state index in [1.807, 2.05) is 0 Å². The highest BCUT2D eigenvalue weighted by Gasteiger charge is 2.11. The second kappa shape index (κ2) is 6.47. The normalized spacial score (nSPS) is 10.9. The van der Waals surface area contributed by atoms with Gasteiger partial charge in [-0.1, -0.05) is 11.8 Å². The van der Waals surface area contributed by atoms with Crippen LogP contribution in [0.5, 0.6) is 0 Å². The molecule has 0 atom stereocenters. The third kappa shape index (κ3) is 3.57. The van der Waals surface area contributed by atoms with E-state index in [0.717, 1.165) is 30.0 Å². The largest absolute Gasteiger partial charge is 0.323 e. The van der Waals surface area contributed by atoms with Crippen LogP contribution in [0.25, 0.3) is 10.2 Å². The highest BCUT2D eigenvalue weighted by atomic mass is 32.2. The van der Waals surface area contributed by atoms with Gasteiger partial charge in [-0.05, 0) is 23.6 Å². The maximum Gasteiger partial charge on any atom is 0.269 e. The number of nitrogens with zero attached hydrogens (tertiary/aromatic N) is 1. The van der Waals surface area contributed by atoms with Gasteiger partial charge in [-0.25, -0.2) is 13.8 Å². The van der Waals surface area contributed by atoms with Gasteiger partial charge in [-0.2, -0.15) is 0 Å². The lowest BCUT2D eigenvalue weighted by atomic mass is 10.3. The fourth-order valence-corrected chi connectivity index (χ4v) is 3.23. The summed E-state index contributed by atoms with van der Waals surface area (Å²) in [6.45, 7) is 0. The van der Waals surface area contributed by atoms with Crippen LogP contribution in [0.1, 0.15) is 0 Å². The van der Waals surface area contributed by atoms with E-state index < -0.39 is 17.5 Å². The van der Waals surface area contributed by atoms with Crippen LogP contribution >= 0.6 is 23.1 Å². The van der Waals surface area contributed by atoms with E-state index in [1.54, 1.807) is 11.4 Å². The molecule has 3 aromatic rings. The van der Waals surface area contributed by atoms with E-state index in [2.05, 4.69) is 15.3 Å². The molecule has 3 rings (SSSR count). The number of hydrogen-bond acceptors (Lipinski definition) is 5. The van der Waals surface area contributed by atoms with Crippen molar-refractivity contribution in [3.63, 3.8) is 0 Å². The summed E-state index contributed by atoms with van der Waals surface area (Å²) >= 11 is 2.28. The summed E-state index contributed by atoms with van der Waals surface area (Å²) in [7, 11) is 0. The number of H-pyrrole nitrogens is 1. The van der Waals surface area contributed by atoms with Gasteiger partial charge in [0.15, 0.2) is 5.16 Å². The molecule has 0 aliphatic carbocycles. The van der Waals surface area contributed by atoms with Crippen LogP contribution in [0, 0.1) is 11.6 Å². The van der Waals surface area contributed by atoms with Gasteiger partial charge < -0.3 is 10.3 Å². The number of carbonyl (C=O) groups excluding carboxylic acids is 1. The number of carbonyl (C=O) groups is 1. The molecule has 2 N–H and O–H groups in total. The molecule has 5 nitrogen and oxygen atoms in total. The van der Waals surface area contributed by atoms with Gasteiger partial charge in [0, 0.05) is 6.07 Å². The Morgan fingerprint density at radius 2 is 2.17 bits per heavy atom. The van der Waals surface area contributed by atoms with Gasteiger partial charge in [0.25, 0.3) is 5.56 Å². The molecule has 0 unspecified atom stereocenters. The number of thiophene rings is 1. The van der Waals surface area contributed by atoms with Crippen molar-refractivity contribution in [3.05, 3.63) is 51.6 Å². The van der Waals surface area contributed by atoms with Gasteiger partial charge >= 0.3 is 0 Å². The highest BCUT2D eigenvalue weighted by molar-refractivity contribution is 7.99. The van der Waals surface area contributed by atoms with Crippen molar-refractivity contribution in [2.45, 2.75) is 5.16 Å². The molecule has 9 heteroatoms. The molecule has 0 aliphatic rings. The zero-order valence-electron chi connectivity index (χ0n) is 11.4. The molecular weight excluding hydrogens is 344 g/mol. The molecule has 0 spiro atoms. The first-order valence-electron chi connectivity index (χ1n) is 6.38. The van der Waals surface area contributed by atoms with Crippen molar-refractivity contribution in [1.29, 1.82) is 0 Å². The Labute approximate surface area is 136 Å². The Balaban J connectivity index is 1.68. The predicted molar refractivity (Wildman–Crippen MR) is 86.0 cm³/mol. The lowest BCUT2D eigenvalue weighted by Crippen LogP contribution is -2.16. The fraction of sp³-hybridized carbons (Fsp3) is 0.0714. The molecule has 2 heterocycles. The number of halogens is 2. The summed E-state index contributed by atoms with van der Waals surface area (Å²) in [4.78, 5) is 30.4. The monoisotopic (exact) mass is 353 g/mol. The number of benzene rings is 1. The third-order valence-corrected chi connectivity index (χ3v) is 4.61. The first-order valence-corrected chi connectivity index (χ1v) is 8.24. The number of fused-ring (bicyclic) bond motifs is 1. The second-order valence-electron chi connectivity index (χ2n) is 4.47. The number of amides is 1. The summed E-state index contributed by atoms with van der Waals surface area (Å²) < 4.78 is 27.0. The van der Waals surface area contributed by atoms with Crippen LogP contribution in [-0.4, -0.2) is 21.6 Å². The molecule has 0 fully saturated rings. The number of anilines is 1. The number of aromatic amines is 1. The molecule has 0 radical (unpaired) electrons. The summed E-state index contributed by atoms with van der Waals surface area (Å²) in [5.74, 6) is -2.01. The number of aromatic nitrogens is 2. The van der Waals surface area contributed by atoms with Crippen LogP contribution in [0.15, 0.2) is 39.6 Å². The van der Waals surface area contributed by atoms with Crippen molar-refractivity contribution in [3.8, 4) is 0 Å². The van der Waals surface area contributed by atoms with Gasteiger partial charge in [0.2, 0.25) is 5.91 Å². The number of hydrogen-bond donors (Lipinski definition) is 2. The Bertz CT molecular complexity index is 939. The van der Waals surface area contributed by atoms with Gasteiger partial charge in [-0.15, -0.1) is 11.3 Å². The zero-order chi connectivity index (χ0) is 16.4. The van der Waals surface area contributed by atoms with Crippen molar-refractivity contribution in [1.82, 2.24) is 9.97 Å². The molecule has 2 aromatic heterocycles. The standard InChI is InChI=1S/C14H9F2N3O2S2/c15-7-1-2-8(16)10(5-7)17-11(20)6-23-14-18-9-3-4-22-12(9)13(21)19-14/h1-5H,6H2,(H,17,20)(H,18,19,21). The number of nitrogens with one attached hydrogen (secondary N) is 2. The topological polar surface area (TPSA) is 74.8 Å². The SMILES string of the molecule is O=C(CSc1nc2ccsc2c(=O)[nH]1)Nc1cc(F)ccc1F. The Kier molecular flexibility index (Phi) is 4.39. The average molecular weight is 353 g/mol. The highest BCUT2D eigenvalue weighted by Crippen LogP contribution is 2.19. The van der Waals surface area contributed by atoms with E-state index in [4.69, 9.17) is 0 Å². The quantitative estimate of drug-likeness (QED) is 0.559. The first-order chi connectivity index (χ1) is 11.0. The molecule has 0 aliphatic heterocycles. The molecule has 1 aromatic carbocycles. The number of rotatable bonds is 4. The fourth-order valence-electron chi connectivity index (χ4n) is 1.83. The van der Waals surface area contributed by atoms with Gasteiger partial charge in [0.05, 0.1) is 17.0 Å². The zero-order valence-corrected chi connectivity index (χ0v) is 13.1. The van der Waals surface area contributed by atoms with Gasteiger partial charge in [-0.3, -0.25) is 9.59 Å². The lowest BCUT2D eigenvalue weighted by Gasteiger charge is -2.06. The van der Waals surface area contributed by atoms with Crippen LogP contribution < -0.4 is 10.9 Å². The van der Waals surface area contributed by atoms with E-state index in [-0.39, 0.29) is 22.2 Å². The van der Waals surface area contributed by atoms with E-state index in [0.29, 0.717) is 10.2 Å². The minimum atomic E-state index is -0.726. The maximum absolute atomic E-state index is 13.4. The third-order valence-electron chi connectivity index (χ3n) is 2.84. The summed E-state index contributed by atoms with van der Waals surface area (Å²) in [6, 6.07) is 4.50.